The Morgan fingerprint density at radius 1 is 1.25 bits per heavy atom. The Morgan fingerprint density at radius 3 is 2.65 bits per heavy atom. The molecule has 0 amide bonds. The van der Waals surface area contributed by atoms with E-state index >= 15 is 0 Å². The number of aromatic amines is 1. The van der Waals surface area contributed by atoms with Crippen molar-refractivity contribution in [2.24, 2.45) is 0 Å². The van der Waals surface area contributed by atoms with Gasteiger partial charge in [0.25, 0.3) is 0 Å². The Bertz CT molecular complexity index is 569. The summed E-state index contributed by atoms with van der Waals surface area (Å²) in [5.74, 6) is -0.929. The van der Waals surface area contributed by atoms with E-state index in [1.165, 1.54) is 7.11 Å². The second kappa shape index (κ2) is 8.51. The van der Waals surface area contributed by atoms with Crippen LogP contribution in [-0.4, -0.2) is 66.8 Å². The van der Waals surface area contributed by atoms with Gasteiger partial charge in [0.15, 0.2) is 0 Å². The van der Waals surface area contributed by atoms with Gasteiger partial charge in [-0.25, -0.2) is 4.98 Å². The van der Waals surface area contributed by atoms with Crippen molar-refractivity contribution >= 4 is 72.8 Å². The van der Waals surface area contributed by atoms with Gasteiger partial charge in [0, 0.05) is 0 Å². The molecular weight excluding hydrogens is 308 g/mol. The van der Waals surface area contributed by atoms with Gasteiger partial charge in [-0.05, 0) is 12.1 Å². The van der Waals surface area contributed by atoms with Crippen LogP contribution in [0.2, 0.25) is 0 Å². The van der Waals surface area contributed by atoms with Gasteiger partial charge in [0.2, 0.25) is 5.16 Å². The summed E-state index contributed by atoms with van der Waals surface area (Å²) in [5.41, 5.74) is 1.67. The molecule has 6 nitrogen and oxygen atoms in total. The molecule has 0 saturated heterocycles. The first-order valence-electron chi connectivity index (χ1n) is 5.58. The van der Waals surface area contributed by atoms with Gasteiger partial charge in [0.1, 0.15) is 12.0 Å². The number of imidazole rings is 1. The van der Waals surface area contributed by atoms with Gasteiger partial charge >= 0.3 is 49.7 Å². The molecule has 1 heterocycles. The summed E-state index contributed by atoms with van der Waals surface area (Å²) in [6.07, 6.45) is -0.00404. The summed E-state index contributed by atoms with van der Waals surface area (Å²) in [7, 11) is 1.27. The van der Waals surface area contributed by atoms with Crippen LogP contribution in [0, 0.1) is 0 Å². The number of carbonyl (C=O) groups excluding carboxylic acids is 2. The van der Waals surface area contributed by atoms with Crippen molar-refractivity contribution in [3.8, 4) is 0 Å². The first-order chi connectivity index (χ1) is 9.19. The van der Waals surface area contributed by atoms with Crippen LogP contribution in [0.1, 0.15) is 12.8 Å². The molecule has 0 radical (unpaired) electrons. The fourth-order valence-electron chi connectivity index (χ4n) is 1.40. The van der Waals surface area contributed by atoms with Crippen molar-refractivity contribution in [1.29, 1.82) is 0 Å². The first kappa shape index (κ1) is 17.3. The number of fused-ring (bicyclic) bond motifs is 1. The Kier molecular flexibility index (Phi) is 7.36. The molecule has 2 rings (SSSR count). The number of methoxy groups -OCH3 is 1. The summed E-state index contributed by atoms with van der Waals surface area (Å²) >= 11 is 0.845. The van der Waals surface area contributed by atoms with Crippen LogP contribution < -0.4 is 0 Å². The molecule has 0 aliphatic heterocycles. The maximum absolute atomic E-state index is 11.4. The first-order valence-corrected chi connectivity index (χ1v) is 6.32. The number of nitrogens with zero attached hydrogens (tertiary/aromatic N) is 1. The molecule has 0 atom stereocenters. The second-order valence-electron chi connectivity index (χ2n) is 3.67. The van der Waals surface area contributed by atoms with Crippen molar-refractivity contribution in [3.05, 3.63) is 24.3 Å². The number of nitrogens with one attached hydrogen (secondary N) is 1. The molecule has 20 heavy (non-hydrogen) atoms. The van der Waals surface area contributed by atoms with Crippen LogP contribution in [-0.2, 0) is 18.5 Å². The summed E-state index contributed by atoms with van der Waals surface area (Å²) < 4.78 is 9.36. The van der Waals surface area contributed by atoms with Gasteiger partial charge in [-0.2, -0.15) is 0 Å². The summed E-state index contributed by atoms with van der Waals surface area (Å²) in [4.78, 5) is 29.5. The Labute approximate surface area is 149 Å². The zero-order valence-corrected chi connectivity index (χ0v) is 11.0. The summed E-state index contributed by atoms with van der Waals surface area (Å²) in [6, 6.07) is 7.50. The van der Waals surface area contributed by atoms with Crippen LogP contribution in [0.3, 0.4) is 0 Å². The number of esters is 1. The molecule has 1 aromatic heterocycles. The molecule has 0 unspecified atom stereocenters. The molecule has 2 aromatic rings. The van der Waals surface area contributed by atoms with E-state index in [4.69, 9.17) is 4.18 Å². The fourth-order valence-corrected chi connectivity index (χ4v) is 1.95. The number of carbonyl (C=O) groups is 2. The number of rotatable bonds is 5. The van der Waals surface area contributed by atoms with Gasteiger partial charge in [-0.15, -0.1) is 0 Å². The average molecular weight is 322 g/mol. The maximum atomic E-state index is 11.4. The molecular formula is C12H14CaN2O4S. The van der Waals surface area contributed by atoms with Crippen molar-refractivity contribution in [3.63, 3.8) is 0 Å². The van der Waals surface area contributed by atoms with E-state index in [-0.39, 0.29) is 50.6 Å². The van der Waals surface area contributed by atoms with Gasteiger partial charge < -0.3 is 13.9 Å². The monoisotopic (exact) mass is 322 g/mol. The van der Waals surface area contributed by atoms with E-state index in [2.05, 4.69) is 14.7 Å². The number of hydrogen-bond donors (Lipinski definition) is 1. The molecule has 104 valence electrons. The van der Waals surface area contributed by atoms with Crippen LogP contribution in [0.5, 0.6) is 0 Å². The predicted octanol–water partition coefficient (Wildman–Crippen LogP) is 1.15. The molecule has 0 spiro atoms. The standard InChI is InChI=1S/C12H12N2O4S.Ca.2H/c1-17-10(15)6-7-11(16)18-19-12-13-8-4-2-3-5-9(8)14-12;;;/h2-5H,6-7H2,1H3,(H,13,14);;;. The molecule has 0 aliphatic carbocycles. The van der Waals surface area contributed by atoms with E-state index in [1.807, 2.05) is 24.3 Å². The molecule has 0 bridgehead atoms. The molecule has 8 heteroatoms. The molecule has 0 saturated carbocycles. The number of aromatic nitrogens is 2. The number of benzene rings is 1. The third-order valence-electron chi connectivity index (χ3n) is 2.34. The minimum atomic E-state index is -0.490. The Balaban J connectivity index is 0.00000200. The molecule has 0 aliphatic rings. The van der Waals surface area contributed by atoms with E-state index in [9.17, 15) is 9.59 Å². The predicted molar refractivity (Wildman–Crippen MR) is 77.8 cm³/mol. The normalized spacial score (nSPS) is 9.85. The van der Waals surface area contributed by atoms with E-state index in [1.54, 1.807) is 0 Å². The minimum absolute atomic E-state index is 0. The van der Waals surface area contributed by atoms with E-state index in [0.717, 1.165) is 23.1 Å². The van der Waals surface area contributed by atoms with Gasteiger partial charge in [-0.1, -0.05) is 12.1 Å². The van der Waals surface area contributed by atoms with Crippen molar-refractivity contribution in [2.45, 2.75) is 18.0 Å². The van der Waals surface area contributed by atoms with Crippen LogP contribution in [0.15, 0.2) is 29.4 Å². The topological polar surface area (TPSA) is 81.3 Å². The number of H-pyrrole nitrogens is 1. The summed E-state index contributed by atoms with van der Waals surface area (Å²) in [5, 5.41) is 0.493. The van der Waals surface area contributed by atoms with Gasteiger partial charge in [0.05, 0.1) is 31.0 Å². The van der Waals surface area contributed by atoms with Crippen LogP contribution >= 0.6 is 12.0 Å². The van der Waals surface area contributed by atoms with Crippen molar-refractivity contribution in [2.75, 3.05) is 7.11 Å². The zero-order valence-electron chi connectivity index (χ0n) is 10.2. The van der Waals surface area contributed by atoms with E-state index in [0.29, 0.717) is 5.16 Å². The Hall–Kier alpha value is -0.760. The van der Waals surface area contributed by atoms with Gasteiger partial charge in [-0.3, -0.25) is 9.59 Å². The SMILES string of the molecule is COC(=O)CCC(=O)OSc1nc2ccccc2[nH]1.[CaH2]. The number of ether oxygens (including phenoxy) is 1. The molecule has 1 N–H and O–H groups in total. The number of para-hydroxylation sites is 2. The quantitative estimate of drug-likeness (QED) is 0.505. The van der Waals surface area contributed by atoms with E-state index < -0.39 is 11.9 Å². The fraction of sp³-hybridized carbons (Fsp3) is 0.250. The third-order valence-corrected chi connectivity index (χ3v) is 2.96. The van der Waals surface area contributed by atoms with Crippen LogP contribution in [0.4, 0.5) is 0 Å². The average Bonchev–Trinajstić information content (AvgIpc) is 2.85. The zero-order chi connectivity index (χ0) is 13.7. The summed E-state index contributed by atoms with van der Waals surface area (Å²) in [6.45, 7) is 0. The van der Waals surface area contributed by atoms with Crippen molar-refractivity contribution in [1.82, 2.24) is 9.97 Å². The molecule has 1 aromatic carbocycles. The molecule has 0 fully saturated rings. The second-order valence-corrected chi connectivity index (χ2v) is 4.39. The number of hydrogen-bond acceptors (Lipinski definition) is 6. The third kappa shape index (κ3) is 4.97. The van der Waals surface area contributed by atoms with Crippen LogP contribution in [0.25, 0.3) is 11.0 Å². The van der Waals surface area contributed by atoms with Crippen molar-refractivity contribution < 1.29 is 18.5 Å². The Morgan fingerprint density at radius 2 is 1.95 bits per heavy atom.